The lowest BCUT2D eigenvalue weighted by Crippen LogP contribution is -3.28. The fourth-order valence-electron chi connectivity index (χ4n) is 4.08. The Balaban J connectivity index is 1.30. The van der Waals surface area contributed by atoms with Crippen molar-refractivity contribution >= 4 is 29.1 Å². The molecule has 1 aliphatic heterocycles. The van der Waals surface area contributed by atoms with Gasteiger partial charge in [0.1, 0.15) is 26.2 Å². The Morgan fingerprint density at radius 3 is 2.31 bits per heavy atom. The molecule has 7 heteroatoms. The number of nitrogens with one attached hydrogen (secondary N) is 4. The quantitative estimate of drug-likeness (QED) is 0.450. The fraction of sp³-hybridized carbons (Fsp3) is 0.545. The highest BCUT2D eigenvalue weighted by molar-refractivity contribution is 6.33. The maximum absolute atomic E-state index is 12.3. The molecule has 0 atom stereocenters. The second-order valence-corrected chi connectivity index (χ2v) is 8.50. The molecule has 0 bridgehead atoms. The normalized spacial score (nSPS) is 21.9. The van der Waals surface area contributed by atoms with Gasteiger partial charge in [0.15, 0.2) is 13.1 Å². The summed E-state index contributed by atoms with van der Waals surface area (Å²) in [6, 6.07) is 7.27. The van der Waals surface area contributed by atoms with Crippen LogP contribution in [0.5, 0.6) is 0 Å². The van der Waals surface area contributed by atoms with Crippen molar-refractivity contribution in [3.05, 3.63) is 40.9 Å². The predicted octanol–water partition coefficient (Wildman–Crippen LogP) is 0.0686. The number of hydrogen-bond acceptors (Lipinski definition) is 2. The van der Waals surface area contributed by atoms with E-state index in [-0.39, 0.29) is 11.8 Å². The average molecular weight is 421 g/mol. The van der Waals surface area contributed by atoms with Gasteiger partial charge in [-0.05, 0) is 44.2 Å². The summed E-state index contributed by atoms with van der Waals surface area (Å²) in [7, 11) is 0. The molecule has 0 spiro atoms. The van der Waals surface area contributed by atoms with Crippen LogP contribution in [0.1, 0.15) is 32.1 Å². The first kappa shape index (κ1) is 21.8. The van der Waals surface area contributed by atoms with E-state index in [0.29, 0.717) is 23.8 Å². The molecule has 1 aliphatic carbocycles. The molecule has 1 fully saturated rings. The number of benzene rings is 1. The minimum atomic E-state index is -0.0219. The molecule has 4 N–H and O–H groups in total. The van der Waals surface area contributed by atoms with Gasteiger partial charge in [0.05, 0.1) is 10.7 Å². The van der Waals surface area contributed by atoms with Gasteiger partial charge >= 0.3 is 0 Å². The smallest absolute Gasteiger partial charge is 0.279 e. The molecule has 2 amide bonds. The van der Waals surface area contributed by atoms with Crippen molar-refractivity contribution in [2.45, 2.75) is 32.1 Å². The van der Waals surface area contributed by atoms with E-state index in [4.69, 9.17) is 11.6 Å². The van der Waals surface area contributed by atoms with Crippen LogP contribution < -0.4 is 20.4 Å². The zero-order chi connectivity index (χ0) is 20.5. The molecule has 2 aliphatic rings. The number of anilines is 1. The number of rotatable bonds is 8. The standard InChI is InChI=1S/C22H31ClN4O2/c23-19-8-4-5-9-20(19)25-22(29)17-27-14-12-26(13-15-27)16-21(28)24-11-10-18-6-2-1-3-7-18/h4-6,8-9H,1-3,7,10-17H2,(H,24,28)(H,25,29)/p+2. The number of hydrogen-bond donors (Lipinski definition) is 4. The van der Waals surface area contributed by atoms with Crippen LogP contribution in [0.2, 0.25) is 5.02 Å². The molecule has 1 saturated heterocycles. The van der Waals surface area contributed by atoms with Crippen LogP contribution in [-0.4, -0.2) is 57.6 Å². The van der Waals surface area contributed by atoms with Gasteiger partial charge in [0.25, 0.3) is 11.8 Å². The van der Waals surface area contributed by atoms with Crippen molar-refractivity contribution in [1.29, 1.82) is 0 Å². The number of piperazine rings is 1. The van der Waals surface area contributed by atoms with Crippen LogP contribution in [0.25, 0.3) is 0 Å². The van der Waals surface area contributed by atoms with E-state index in [1.54, 1.807) is 12.1 Å². The van der Waals surface area contributed by atoms with Gasteiger partial charge in [-0.1, -0.05) is 35.4 Å². The SMILES string of the molecule is O=C(C[NH+]1CC[NH+](CC(=O)Nc2ccccc2Cl)CC1)NCCC1=CCCCC1. The first-order valence-corrected chi connectivity index (χ1v) is 11.1. The minimum Gasteiger partial charge on any atom is -0.351 e. The van der Waals surface area contributed by atoms with Gasteiger partial charge in [-0.2, -0.15) is 0 Å². The molecule has 0 aromatic heterocycles. The topological polar surface area (TPSA) is 67.1 Å². The van der Waals surface area contributed by atoms with Gasteiger partial charge in [-0.3, -0.25) is 9.59 Å². The van der Waals surface area contributed by atoms with E-state index in [1.165, 1.54) is 41.1 Å². The molecule has 1 aromatic rings. The van der Waals surface area contributed by atoms with Gasteiger partial charge in [-0.25, -0.2) is 0 Å². The summed E-state index contributed by atoms with van der Waals surface area (Å²) >= 11 is 6.09. The van der Waals surface area contributed by atoms with E-state index in [0.717, 1.165) is 39.1 Å². The summed E-state index contributed by atoms with van der Waals surface area (Å²) in [6.45, 7) is 5.31. The molecule has 0 saturated carbocycles. The fourth-order valence-corrected chi connectivity index (χ4v) is 4.26. The lowest BCUT2D eigenvalue weighted by molar-refractivity contribution is -1.00. The molecular weight excluding hydrogens is 388 g/mol. The van der Waals surface area contributed by atoms with Crippen LogP contribution >= 0.6 is 11.6 Å². The highest BCUT2D eigenvalue weighted by Gasteiger charge is 2.26. The van der Waals surface area contributed by atoms with Crippen LogP contribution in [-0.2, 0) is 9.59 Å². The summed E-state index contributed by atoms with van der Waals surface area (Å²) < 4.78 is 0. The molecule has 158 valence electrons. The van der Waals surface area contributed by atoms with Gasteiger partial charge in [0, 0.05) is 6.54 Å². The van der Waals surface area contributed by atoms with Crippen molar-refractivity contribution in [2.24, 2.45) is 0 Å². The number of carbonyl (C=O) groups is 2. The van der Waals surface area contributed by atoms with E-state index < -0.39 is 0 Å². The molecule has 1 heterocycles. The third-order valence-corrected chi connectivity index (χ3v) is 6.12. The van der Waals surface area contributed by atoms with E-state index >= 15 is 0 Å². The molecule has 6 nitrogen and oxygen atoms in total. The summed E-state index contributed by atoms with van der Waals surface area (Å²) in [5, 5.41) is 6.50. The summed E-state index contributed by atoms with van der Waals surface area (Å²) in [6.07, 6.45) is 8.29. The van der Waals surface area contributed by atoms with Gasteiger partial charge in [-0.15, -0.1) is 0 Å². The van der Waals surface area contributed by atoms with Crippen LogP contribution in [0.3, 0.4) is 0 Å². The van der Waals surface area contributed by atoms with Crippen LogP contribution in [0.4, 0.5) is 5.69 Å². The zero-order valence-electron chi connectivity index (χ0n) is 17.1. The highest BCUT2D eigenvalue weighted by atomic mass is 35.5. The number of quaternary nitrogens is 2. The Bertz CT molecular complexity index is 729. The van der Waals surface area contributed by atoms with Crippen LogP contribution in [0, 0.1) is 0 Å². The number of carbonyl (C=O) groups excluding carboxylic acids is 2. The third kappa shape index (κ3) is 7.46. The molecular formula is C22H33ClN4O2+2. The Kier molecular flexibility index (Phi) is 8.52. The monoisotopic (exact) mass is 420 g/mol. The second kappa shape index (κ2) is 11.3. The van der Waals surface area contributed by atoms with Gasteiger partial charge in [0.2, 0.25) is 0 Å². The predicted molar refractivity (Wildman–Crippen MR) is 115 cm³/mol. The number of amides is 2. The van der Waals surface area contributed by atoms with Crippen LogP contribution in [0.15, 0.2) is 35.9 Å². The van der Waals surface area contributed by atoms with E-state index in [9.17, 15) is 9.59 Å². The molecule has 0 unspecified atom stereocenters. The van der Waals surface area contributed by atoms with Crippen molar-refractivity contribution in [2.75, 3.05) is 51.1 Å². The Hall–Kier alpha value is -1.89. The zero-order valence-corrected chi connectivity index (χ0v) is 17.8. The summed E-state index contributed by atoms with van der Waals surface area (Å²) in [4.78, 5) is 27.0. The second-order valence-electron chi connectivity index (χ2n) is 8.09. The molecule has 29 heavy (non-hydrogen) atoms. The third-order valence-electron chi connectivity index (χ3n) is 5.79. The van der Waals surface area contributed by atoms with Crippen molar-refractivity contribution in [1.82, 2.24) is 5.32 Å². The number of halogens is 1. The Morgan fingerprint density at radius 2 is 1.66 bits per heavy atom. The molecule has 1 aromatic carbocycles. The summed E-state index contributed by atoms with van der Waals surface area (Å²) in [5.74, 6) is 0.114. The molecule has 3 rings (SSSR count). The largest absolute Gasteiger partial charge is 0.351 e. The number of allylic oxidation sites excluding steroid dienone is 1. The highest BCUT2D eigenvalue weighted by Crippen LogP contribution is 2.20. The number of para-hydroxylation sites is 1. The van der Waals surface area contributed by atoms with E-state index in [2.05, 4.69) is 16.7 Å². The maximum Gasteiger partial charge on any atom is 0.279 e. The average Bonchev–Trinajstić information content (AvgIpc) is 2.72. The van der Waals surface area contributed by atoms with Crippen molar-refractivity contribution < 1.29 is 19.4 Å². The van der Waals surface area contributed by atoms with Crippen molar-refractivity contribution in [3.8, 4) is 0 Å². The lowest BCUT2D eigenvalue weighted by atomic mass is 9.97. The first-order chi connectivity index (χ1) is 14.1. The van der Waals surface area contributed by atoms with Gasteiger partial charge < -0.3 is 20.4 Å². The molecule has 0 radical (unpaired) electrons. The summed E-state index contributed by atoms with van der Waals surface area (Å²) in [5.41, 5.74) is 2.15. The maximum atomic E-state index is 12.3. The first-order valence-electron chi connectivity index (χ1n) is 10.8. The Morgan fingerprint density at radius 1 is 0.966 bits per heavy atom. The van der Waals surface area contributed by atoms with E-state index in [1.807, 2.05) is 12.1 Å². The Labute approximate surface area is 178 Å². The minimum absolute atomic E-state index is 0.0219. The lowest BCUT2D eigenvalue weighted by Gasteiger charge is -2.29. The van der Waals surface area contributed by atoms with Crippen molar-refractivity contribution in [3.63, 3.8) is 0 Å².